The molecule has 3 aliphatic carbocycles. The van der Waals surface area contributed by atoms with Crippen LogP contribution in [0.25, 0.3) is 166 Å². The predicted molar refractivity (Wildman–Crippen MR) is 351 cm³/mol. The summed E-state index contributed by atoms with van der Waals surface area (Å²) < 4.78 is 0. The van der Waals surface area contributed by atoms with Gasteiger partial charge >= 0.3 is 0 Å². The number of rotatable bonds is 8. The Balaban J connectivity index is 0.891. The molecule has 0 heteroatoms. The summed E-state index contributed by atoms with van der Waals surface area (Å²) in [6.45, 7) is 4.92. The van der Waals surface area contributed by atoms with Gasteiger partial charge in [0.2, 0.25) is 0 Å². The molecule has 0 spiro atoms. The summed E-state index contributed by atoms with van der Waals surface area (Å²) >= 11 is 0. The lowest BCUT2D eigenvalue weighted by Gasteiger charge is -2.23. The first-order valence-electron chi connectivity index (χ1n) is 29.1. The zero-order valence-corrected chi connectivity index (χ0v) is 46.2. The summed E-state index contributed by atoms with van der Waals surface area (Å²) in [6.07, 6.45) is 0. The van der Waals surface area contributed by atoms with E-state index in [1.54, 1.807) is 0 Å². The second kappa shape index (κ2) is 18.3. The average molecular weight is 1050 g/mol. The van der Waals surface area contributed by atoms with Crippen molar-refractivity contribution in [1.29, 1.82) is 0 Å². The Kier molecular flexibility index (Phi) is 10.5. The smallest absolute Gasteiger partial charge is 0.0159 e. The Morgan fingerprint density at radius 3 is 0.639 bits per heavy atom. The van der Waals surface area contributed by atoms with E-state index in [4.69, 9.17) is 0 Å². The van der Waals surface area contributed by atoms with Crippen LogP contribution in [0.5, 0.6) is 0 Å². The largest absolute Gasteiger partial charge is 0.0622 e. The molecular weight excluding hydrogens is 997 g/mol. The van der Waals surface area contributed by atoms with Gasteiger partial charge in [0, 0.05) is 5.41 Å². The molecule has 0 N–H and O–H groups in total. The van der Waals surface area contributed by atoms with E-state index in [9.17, 15) is 0 Å². The van der Waals surface area contributed by atoms with Crippen molar-refractivity contribution in [2.24, 2.45) is 0 Å². The molecule has 0 aliphatic heterocycles. The van der Waals surface area contributed by atoms with E-state index in [0.717, 1.165) is 0 Å². The first-order chi connectivity index (χ1) is 40.9. The van der Waals surface area contributed by atoms with Gasteiger partial charge in [-0.1, -0.05) is 232 Å². The number of hydrogen-bond donors (Lipinski definition) is 0. The highest BCUT2D eigenvalue weighted by molar-refractivity contribution is 6.21. The summed E-state index contributed by atoms with van der Waals surface area (Å²) in [6, 6.07) is 109. The normalized spacial score (nSPS) is 12.8. The van der Waals surface area contributed by atoms with Crippen molar-refractivity contribution >= 4 is 21.5 Å². The molecule has 0 atom stereocenters. The number of hydrogen-bond acceptors (Lipinski definition) is 0. The highest BCUT2D eigenvalue weighted by atomic mass is 14.4. The van der Waals surface area contributed by atoms with Crippen molar-refractivity contribution in [2.45, 2.75) is 19.3 Å². The van der Waals surface area contributed by atoms with Crippen LogP contribution in [0.1, 0.15) is 25.0 Å². The second-order valence-corrected chi connectivity index (χ2v) is 23.4. The Labute approximate surface area is 485 Å². The van der Waals surface area contributed by atoms with Crippen LogP contribution in [-0.2, 0) is 5.41 Å². The van der Waals surface area contributed by atoms with Gasteiger partial charge in [0.15, 0.2) is 0 Å². The molecule has 386 valence electrons. The Hall–Kier alpha value is -10.4. The van der Waals surface area contributed by atoms with Crippen molar-refractivity contribution in [3.05, 3.63) is 302 Å². The molecule has 0 saturated carbocycles. The molecule has 3 aliphatic rings. The first-order valence-corrected chi connectivity index (χ1v) is 29.1. The lowest BCUT2D eigenvalue weighted by atomic mass is 9.80. The van der Waals surface area contributed by atoms with Crippen LogP contribution in [0.2, 0.25) is 0 Å². The summed E-state index contributed by atoms with van der Waals surface area (Å²) in [5.74, 6) is 0. The maximum Gasteiger partial charge on any atom is 0.0159 e. The molecule has 0 amide bonds. The highest BCUT2D eigenvalue weighted by Gasteiger charge is 2.40. The van der Waals surface area contributed by atoms with Gasteiger partial charge in [0.05, 0.1) is 0 Å². The molecule has 83 heavy (non-hydrogen) atoms. The van der Waals surface area contributed by atoms with Crippen molar-refractivity contribution in [3.63, 3.8) is 0 Å². The minimum atomic E-state index is -0.287. The minimum absolute atomic E-state index is 0.287. The third-order valence-electron chi connectivity index (χ3n) is 18.5. The van der Waals surface area contributed by atoms with Crippen molar-refractivity contribution in [2.75, 3.05) is 0 Å². The zero-order chi connectivity index (χ0) is 54.9. The molecule has 0 heterocycles. The molecule has 0 bridgehead atoms. The monoisotopic (exact) mass is 1050 g/mol. The van der Waals surface area contributed by atoms with Gasteiger partial charge in [0.25, 0.3) is 0 Å². The van der Waals surface area contributed by atoms with Crippen LogP contribution in [0.4, 0.5) is 0 Å². The molecule has 14 aromatic carbocycles. The SMILES string of the molecule is CC1(C)c2cc3c(cc2-c2cc4c(cc21)-c1cc(-c2ccccc2-c2ccccc2)cc2cc(-c5ccccc5-c5ccccc5)cc-4c12)-c1cc(-c2ccccc2-c2ccccc2)cc2cc(-c4ccccc4-c4ccccc4)cc-3c12. The van der Waals surface area contributed by atoms with Crippen LogP contribution in [0.15, 0.2) is 291 Å². The summed E-state index contributed by atoms with van der Waals surface area (Å²) in [5, 5.41) is 5.16. The maximum absolute atomic E-state index is 2.58. The van der Waals surface area contributed by atoms with E-state index in [0.29, 0.717) is 0 Å². The van der Waals surface area contributed by atoms with Gasteiger partial charge in [-0.05, 0) is 250 Å². The molecule has 17 rings (SSSR count). The zero-order valence-electron chi connectivity index (χ0n) is 46.2. The summed E-state index contributed by atoms with van der Waals surface area (Å²) in [4.78, 5) is 0. The van der Waals surface area contributed by atoms with E-state index in [1.165, 1.54) is 177 Å². The fourth-order valence-electron chi connectivity index (χ4n) is 14.6. The maximum atomic E-state index is 2.58. The minimum Gasteiger partial charge on any atom is -0.0622 e. The van der Waals surface area contributed by atoms with Gasteiger partial charge in [0.1, 0.15) is 0 Å². The fraction of sp³-hybridized carbons (Fsp3) is 0.0361. The molecule has 0 aromatic heterocycles. The molecular formula is C83H54. The lowest BCUT2D eigenvalue weighted by Crippen LogP contribution is -2.15. The number of benzene rings is 14. The standard InChI is InChI=1S/C83H54/c1-83(2)79-49-71-69(75-43-55(65-35-19-15-31-61(65)51-23-7-3-8-24-51)39-59-41-57(45-77(71)81(59)75)67-37-21-17-33-63(67)53-27-11-5-12-28-53)47-73(79)74-48-70-72(50-80(74)83)78-46-58(68-38-22-18-34-64(68)54-29-13-6-14-30-54)42-60-40-56(44-76(70)82(60)78)66-36-20-16-32-62(66)52-25-9-4-10-26-52/h3-50H,1-2H3. The average Bonchev–Trinajstić information content (AvgIpc) is 1.90. The third-order valence-corrected chi connectivity index (χ3v) is 18.5. The Morgan fingerprint density at radius 1 is 0.169 bits per heavy atom. The van der Waals surface area contributed by atoms with Gasteiger partial charge in [-0.25, -0.2) is 0 Å². The van der Waals surface area contributed by atoms with Gasteiger partial charge in [-0.15, -0.1) is 0 Å². The van der Waals surface area contributed by atoms with E-state index in [2.05, 4.69) is 305 Å². The lowest BCUT2D eigenvalue weighted by molar-refractivity contribution is 0.661. The van der Waals surface area contributed by atoms with Gasteiger partial charge in [-0.2, -0.15) is 0 Å². The van der Waals surface area contributed by atoms with Crippen LogP contribution in [-0.4, -0.2) is 0 Å². The molecule has 0 nitrogen and oxygen atoms in total. The molecule has 0 unspecified atom stereocenters. The van der Waals surface area contributed by atoms with Crippen molar-refractivity contribution < 1.29 is 0 Å². The Bertz CT molecular complexity index is 4680. The Morgan fingerprint density at radius 2 is 0.386 bits per heavy atom. The quantitative estimate of drug-likeness (QED) is 0.142. The van der Waals surface area contributed by atoms with E-state index in [-0.39, 0.29) is 5.41 Å². The van der Waals surface area contributed by atoms with Gasteiger partial charge < -0.3 is 0 Å². The van der Waals surface area contributed by atoms with E-state index in [1.807, 2.05) is 0 Å². The first kappa shape index (κ1) is 47.4. The summed E-state index contributed by atoms with van der Waals surface area (Å²) in [7, 11) is 0. The van der Waals surface area contributed by atoms with Crippen LogP contribution in [0, 0.1) is 0 Å². The van der Waals surface area contributed by atoms with Crippen LogP contribution < -0.4 is 0 Å². The number of fused-ring (bicyclic) bond motifs is 9. The van der Waals surface area contributed by atoms with Crippen molar-refractivity contribution in [1.82, 2.24) is 0 Å². The fourth-order valence-corrected chi connectivity index (χ4v) is 14.6. The third kappa shape index (κ3) is 7.33. The molecule has 0 fully saturated rings. The highest BCUT2D eigenvalue weighted by Crippen LogP contribution is 2.61. The topological polar surface area (TPSA) is 0 Å². The van der Waals surface area contributed by atoms with Gasteiger partial charge in [-0.3, -0.25) is 0 Å². The molecule has 14 aromatic rings. The molecule has 0 radical (unpaired) electrons. The molecule has 0 saturated heterocycles. The second-order valence-electron chi connectivity index (χ2n) is 23.4. The van der Waals surface area contributed by atoms with E-state index >= 15 is 0 Å². The summed E-state index contributed by atoms with van der Waals surface area (Å²) in [5.41, 5.74) is 35.2. The van der Waals surface area contributed by atoms with E-state index < -0.39 is 0 Å². The predicted octanol–water partition coefficient (Wildman–Crippen LogP) is 22.9. The van der Waals surface area contributed by atoms with Crippen LogP contribution >= 0.6 is 0 Å². The van der Waals surface area contributed by atoms with Crippen LogP contribution in [0.3, 0.4) is 0 Å². The van der Waals surface area contributed by atoms with Crippen molar-refractivity contribution in [3.8, 4) is 145 Å².